The molecule has 0 aliphatic carbocycles. The molecule has 1 aliphatic rings. The zero-order chi connectivity index (χ0) is 20.5. The molecule has 0 saturated carbocycles. The summed E-state index contributed by atoms with van der Waals surface area (Å²) in [6.45, 7) is 3.56. The second-order valence-electron chi connectivity index (χ2n) is 7.23. The number of hydrogen-bond acceptors (Lipinski definition) is 4. The van der Waals surface area contributed by atoms with E-state index < -0.39 is 0 Å². The van der Waals surface area contributed by atoms with E-state index in [1.165, 1.54) is 0 Å². The number of ether oxygens (including phenoxy) is 1. The van der Waals surface area contributed by atoms with Gasteiger partial charge in [0.1, 0.15) is 0 Å². The number of rotatable bonds is 9. The van der Waals surface area contributed by atoms with Gasteiger partial charge < -0.3 is 20.7 Å². The van der Waals surface area contributed by atoms with Crippen LogP contribution >= 0.6 is 0 Å². The first-order chi connectivity index (χ1) is 14.2. The van der Waals surface area contributed by atoms with Crippen molar-refractivity contribution in [3.63, 3.8) is 0 Å². The van der Waals surface area contributed by atoms with Crippen LogP contribution in [0.1, 0.15) is 48.1 Å². The molecule has 154 valence electrons. The molecule has 6 nitrogen and oxygen atoms in total. The Hall–Kier alpha value is -2.70. The minimum atomic E-state index is -0.162. The molecule has 1 heterocycles. The molecule has 2 atom stereocenters. The van der Waals surface area contributed by atoms with Gasteiger partial charge in [0.05, 0.1) is 12.6 Å². The zero-order valence-corrected chi connectivity index (χ0v) is 16.8. The van der Waals surface area contributed by atoms with Gasteiger partial charge in [-0.25, -0.2) is 0 Å². The van der Waals surface area contributed by atoms with Crippen molar-refractivity contribution < 1.29 is 14.3 Å². The molecule has 1 fully saturated rings. The van der Waals surface area contributed by atoms with Gasteiger partial charge >= 0.3 is 0 Å². The minimum Gasteiger partial charge on any atom is -0.376 e. The molecule has 3 N–H and O–H groups in total. The quantitative estimate of drug-likeness (QED) is 0.609. The highest BCUT2D eigenvalue weighted by atomic mass is 16.5. The van der Waals surface area contributed by atoms with E-state index in [1.807, 2.05) is 18.2 Å². The van der Waals surface area contributed by atoms with Crippen molar-refractivity contribution in [1.29, 1.82) is 0 Å². The van der Waals surface area contributed by atoms with Gasteiger partial charge in [-0.05, 0) is 43.0 Å². The smallest absolute Gasteiger partial charge is 0.251 e. The summed E-state index contributed by atoms with van der Waals surface area (Å²) in [5.74, 6) is -0.304. The molecule has 0 aromatic heterocycles. The van der Waals surface area contributed by atoms with Crippen molar-refractivity contribution in [2.75, 3.05) is 25.0 Å². The van der Waals surface area contributed by atoms with E-state index in [0.29, 0.717) is 17.8 Å². The fourth-order valence-corrected chi connectivity index (χ4v) is 3.46. The molecule has 2 amide bonds. The number of hydrogen-bond donors (Lipinski definition) is 3. The van der Waals surface area contributed by atoms with Crippen LogP contribution in [0.4, 0.5) is 5.69 Å². The van der Waals surface area contributed by atoms with Gasteiger partial charge in [0.15, 0.2) is 0 Å². The fraction of sp³-hybridized carbons (Fsp3) is 0.391. The Bertz CT molecular complexity index is 804. The Morgan fingerprint density at radius 1 is 1.14 bits per heavy atom. The summed E-state index contributed by atoms with van der Waals surface area (Å²) >= 11 is 0. The molecule has 6 heteroatoms. The maximum absolute atomic E-state index is 12.4. The van der Waals surface area contributed by atoms with Crippen LogP contribution in [0.25, 0.3) is 0 Å². The predicted molar refractivity (Wildman–Crippen MR) is 114 cm³/mol. The lowest BCUT2D eigenvalue weighted by Gasteiger charge is -2.17. The predicted octanol–water partition coefficient (Wildman–Crippen LogP) is 3.27. The van der Waals surface area contributed by atoms with Crippen molar-refractivity contribution in [2.45, 2.75) is 38.3 Å². The number of anilines is 1. The third-order valence-electron chi connectivity index (χ3n) is 5.04. The van der Waals surface area contributed by atoms with Gasteiger partial charge in [0, 0.05) is 30.4 Å². The van der Waals surface area contributed by atoms with E-state index in [-0.39, 0.29) is 30.5 Å². The normalized spacial score (nSPS) is 16.9. The Kier molecular flexibility index (Phi) is 7.78. The van der Waals surface area contributed by atoms with Crippen LogP contribution in [-0.4, -0.2) is 37.6 Å². The van der Waals surface area contributed by atoms with Crippen molar-refractivity contribution in [1.82, 2.24) is 10.6 Å². The largest absolute Gasteiger partial charge is 0.376 e. The van der Waals surface area contributed by atoms with Gasteiger partial charge in [-0.2, -0.15) is 0 Å². The molecule has 0 bridgehead atoms. The Morgan fingerprint density at radius 3 is 2.69 bits per heavy atom. The van der Waals surface area contributed by atoms with Gasteiger partial charge in [0.2, 0.25) is 5.91 Å². The fourth-order valence-electron chi connectivity index (χ4n) is 3.46. The highest BCUT2D eigenvalue weighted by molar-refractivity contribution is 5.97. The van der Waals surface area contributed by atoms with Crippen LogP contribution < -0.4 is 16.0 Å². The highest BCUT2D eigenvalue weighted by Crippen LogP contribution is 2.16. The second kappa shape index (κ2) is 10.7. The molecule has 29 heavy (non-hydrogen) atoms. The zero-order valence-electron chi connectivity index (χ0n) is 16.8. The van der Waals surface area contributed by atoms with Crippen LogP contribution in [0.3, 0.4) is 0 Å². The molecule has 3 rings (SSSR count). The molecule has 1 saturated heterocycles. The molecule has 2 aromatic carbocycles. The van der Waals surface area contributed by atoms with Gasteiger partial charge in [-0.15, -0.1) is 0 Å². The first-order valence-electron chi connectivity index (χ1n) is 10.2. The Balaban J connectivity index is 1.49. The molecule has 0 radical (unpaired) electrons. The van der Waals surface area contributed by atoms with E-state index in [0.717, 1.165) is 31.4 Å². The molecule has 0 spiro atoms. The standard InChI is InChI=1S/C23H29N3O3/c1-2-21(17-8-4-3-5-9-17)24-16-22(27)26-19-11-6-10-18(14-19)23(28)25-15-20-12-7-13-29-20/h3-6,8-11,14,20-21,24H,2,7,12-13,15-16H2,1H3,(H,25,28)(H,26,27). The number of benzene rings is 2. The summed E-state index contributed by atoms with van der Waals surface area (Å²) in [7, 11) is 0. The first kappa shape index (κ1) is 21.0. The summed E-state index contributed by atoms with van der Waals surface area (Å²) in [4.78, 5) is 24.7. The van der Waals surface area contributed by atoms with E-state index in [4.69, 9.17) is 4.74 Å². The molecular formula is C23H29N3O3. The van der Waals surface area contributed by atoms with E-state index in [1.54, 1.807) is 24.3 Å². The van der Waals surface area contributed by atoms with Crippen LogP contribution in [-0.2, 0) is 9.53 Å². The molecule has 2 unspecified atom stereocenters. The lowest BCUT2D eigenvalue weighted by atomic mass is 10.0. The van der Waals surface area contributed by atoms with E-state index >= 15 is 0 Å². The highest BCUT2D eigenvalue weighted by Gasteiger charge is 2.17. The molecule has 1 aliphatic heterocycles. The summed E-state index contributed by atoms with van der Waals surface area (Å²) < 4.78 is 5.52. The third kappa shape index (κ3) is 6.41. The lowest BCUT2D eigenvalue weighted by molar-refractivity contribution is -0.115. The number of nitrogens with one attached hydrogen (secondary N) is 3. The van der Waals surface area contributed by atoms with Gasteiger partial charge in [-0.3, -0.25) is 9.59 Å². The summed E-state index contributed by atoms with van der Waals surface area (Å²) in [6.07, 6.45) is 3.01. The molecule has 2 aromatic rings. The maximum atomic E-state index is 12.4. The SMILES string of the molecule is CCC(NCC(=O)Nc1cccc(C(=O)NCC2CCCO2)c1)c1ccccc1. The van der Waals surface area contributed by atoms with Crippen LogP contribution in [0.15, 0.2) is 54.6 Å². The average molecular weight is 396 g/mol. The van der Waals surface area contributed by atoms with Crippen molar-refractivity contribution in [2.24, 2.45) is 0 Å². The summed E-state index contributed by atoms with van der Waals surface area (Å²) in [6, 6.07) is 17.2. The van der Waals surface area contributed by atoms with Crippen LogP contribution in [0, 0.1) is 0 Å². The second-order valence-corrected chi connectivity index (χ2v) is 7.23. The number of amides is 2. The number of carbonyl (C=O) groups is 2. The summed E-state index contributed by atoms with van der Waals surface area (Å²) in [5.41, 5.74) is 2.28. The topological polar surface area (TPSA) is 79.5 Å². The average Bonchev–Trinajstić information content (AvgIpc) is 3.27. The Labute approximate surface area is 172 Å². The van der Waals surface area contributed by atoms with Gasteiger partial charge in [-0.1, -0.05) is 43.3 Å². The maximum Gasteiger partial charge on any atom is 0.251 e. The van der Waals surface area contributed by atoms with Crippen molar-refractivity contribution in [3.8, 4) is 0 Å². The molecular weight excluding hydrogens is 366 g/mol. The van der Waals surface area contributed by atoms with Crippen molar-refractivity contribution >= 4 is 17.5 Å². The third-order valence-corrected chi connectivity index (χ3v) is 5.04. The monoisotopic (exact) mass is 395 g/mol. The van der Waals surface area contributed by atoms with Crippen molar-refractivity contribution in [3.05, 3.63) is 65.7 Å². The summed E-state index contributed by atoms with van der Waals surface area (Å²) in [5, 5.41) is 9.05. The Morgan fingerprint density at radius 2 is 1.97 bits per heavy atom. The van der Waals surface area contributed by atoms with E-state index in [9.17, 15) is 9.59 Å². The van der Waals surface area contributed by atoms with E-state index in [2.05, 4.69) is 35.0 Å². The lowest BCUT2D eigenvalue weighted by Crippen LogP contribution is -2.32. The van der Waals surface area contributed by atoms with Gasteiger partial charge in [0.25, 0.3) is 5.91 Å². The first-order valence-corrected chi connectivity index (χ1v) is 10.2. The van der Waals surface area contributed by atoms with Crippen LogP contribution in [0.2, 0.25) is 0 Å². The van der Waals surface area contributed by atoms with Crippen LogP contribution in [0.5, 0.6) is 0 Å². The number of carbonyl (C=O) groups excluding carboxylic acids is 2. The minimum absolute atomic E-state index is 0.101.